The number of likely N-dealkylation sites (tertiary alicyclic amines) is 1. The minimum absolute atomic E-state index is 0.0170. The number of hydrogen-bond acceptors (Lipinski definition) is 6. The minimum atomic E-state index is -0.545. The van der Waals surface area contributed by atoms with Gasteiger partial charge in [0.25, 0.3) is 11.8 Å². The summed E-state index contributed by atoms with van der Waals surface area (Å²) in [6, 6.07) is 0. The molecule has 24 heavy (non-hydrogen) atoms. The van der Waals surface area contributed by atoms with Crippen LogP contribution in [0.4, 0.5) is 0 Å². The van der Waals surface area contributed by atoms with Crippen molar-refractivity contribution in [1.82, 2.24) is 19.4 Å². The largest absolute Gasteiger partial charge is 0.365 e. The predicted octanol–water partition coefficient (Wildman–Crippen LogP) is 1.34. The van der Waals surface area contributed by atoms with Gasteiger partial charge < -0.3 is 14.5 Å². The van der Waals surface area contributed by atoms with Crippen LogP contribution in [0.1, 0.15) is 48.0 Å². The molecule has 0 aliphatic carbocycles. The number of aryl methyl sites for hydroxylation is 1. The molecule has 0 radical (unpaired) electrons. The molecule has 0 bridgehead atoms. The quantitative estimate of drug-likeness (QED) is 0.817. The molecule has 2 aliphatic rings. The molecule has 1 aromatic rings. The van der Waals surface area contributed by atoms with Gasteiger partial charge in [0.1, 0.15) is 4.88 Å². The second kappa shape index (κ2) is 8.02. The molecule has 2 fully saturated rings. The Bertz CT molecular complexity index is 586. The van der Waals surface area contributed by atoms with E-state index in [-0.39, 0.29) is 11.8 Å². The van der Waals surface area contributed by atoms with Crippen molar-refractivity contribution in [3.8, 4) is 0 Å². The number of nitrogens with zero attached hydrogens (tertiary/aromatic N) is 4. The van der Waals surface area contributed by atoms with Gasteiger partial charge in [-0.05, 0) is 37.2 Å². The van der Waals surface area contributed by atoms with Crippen LogP contribution in [0.2, 0.25) is 0 Å². The van der Waals surface area contributed by atoms with Crippen LogP contribution in [-0.4, -0.2) is 70.1 Å². The molecule has 132 valence electrons. The molecule has 1 aromatic heterocycles. The molecule has 0 saturated carbocycles. The van der Waals surface area contributed by atoms with Crippen molar-refractivity contribution in [3.05, 3.63) is 10.6 Å². The van der Waals surface area contributed by atoms with Gasteiger partial charge in [0.05, 0.1) is 18.8 Å². The van der Waals surface area contributed by atoms with Gasteiger partial charge >= 0.3 is 0 Å². The smallest absolute Gasteiger partial charge is 0.267 e. The highest BCUT2D eigenvalue weighted by molar-refractivity contribution is 7.08. The summed E-state index contributed by atoms with van der Waals surface area (Å²) in [6.45, 7) is 4.86. The van der Waals surface area contributed by atoms with Crippen LogP contribution in [0, 0.1) is 0 Å². The van der Waals surface area contributed by atoms with Crippen LogP contribution < -0.4 is 0 Å². The molecule has 0 unspecified atom stereocenters. The van der Waals surface area contributed by atoms with Gasteiger partial charge in [0, 0.05) is 19.6 Å². The van der Waals surface area contributed by atoms with Crippen LogP contribution in [0.5, 0.6) is 0 Å². The lowest BCUT2D eigenvalue weighted by atomic mass is 10.1. The zero-order valence-electron chi connectivity index (χ0n) is 14.1. The molecule has 0 N–H and O–H groups in total. The second-order valence-electron chi connectivity index (χ2n) is 6.30. The van der Waals surface area contributed by atoms with Gasteiger partial charge in [0.15, 0.2) is 6.10 Å². The highest BCUT2D eigenvalue weighted by Gasteiger charge is 2.34. The van der Waals surface area contributed by atoms with Gasteiger partial charge in [-0.2, -0.15) is 0 Å². The van der Waals surface area contributed by atoms with Gasteiger partial charge in [-0.15, -0.1) is 5.10 Å². The predicted molar refractivity (Wildman–Crippen MR) is 90.0 cm³/mol. The highest BCUT2D eigenvalue weighted by Crippen LogP contribution is 2.19. The fourth-order valence-electron chi connectivity index (χ4n) is 3.22. The first-order valence-corrected chi connectivity index (χ1v) is 9.49. The van der Waals surface area contributed by atoms with E-state index in [0.29, 0.717) is 24.6 Å². The Balaban J connectivity index is 1.65. The number of hydrogen-bond donors (Lipinski definition) is 0. The lowest BCUT2D eigenvalue weighted by molar-refractivity contribution is -0.149. The summed E-state index contributed by atoms with van der Waals surface area (Å²) in [6.07, 6.45) is 4.40. The molecule has 2 amide bonds. The summed E-state index contributed by atoms with van der Waals surface area (Å²) in [5.74, 6) is -0.0587. The zero-order chi connectivity index (χ0) is 16.9. The lowest BCUT2D eigenvalue weighted by Gasteiger charge is -2.36. The van der Waals surface area contributed by atoms with Crippen molar-refractivity contribution >= 4 is 23.3 Å². The Hall–Kier alpha value is -1.54. The van der Waals surface area contributed by atoms with E-state index in [0.717, 1.165) is 56.0 Å². The first-order chi connectivity index (χ1) is 11.7. The average molecular weight is 352 g/mol. The zero-order valence-corrected chi connectivity index (χ0v) is 14.9. The molecule has 1 atom stereocenters. The number of aromatic nitrogens is 2. The van der Waals surface area contributed by atoms with E-state index in [1.54, 1.807) is 4.90 Å². The van der Waals surface area contributed by atoms with E-state index >= 15 is 0 Å². The molecule has 3 rings (SSSR count). The molecular formula is C16H24N4O3S. The third-order valence-corrected chi connectivity index (χ3v) is 5.29. The normalized spacial score (nSPS) is 21.8. The lowest BCUT2D eigenvalue weighted by Crippen LogP contribution is -2.53. The highest BCUT2D eigenvalue weighted by atomic mass is 32.1. The maximum Gasteiger partial charge on any atom is 0.267 e. The summed E-state index contributed by atoms with van der Waals surface area (Å²) in [7, 11) is 0. The molecule has 2 aliphatic heterocycles. The van der Waals surface area contributed by atoms with Crippen LogP contribution in [0.25, 0.3) is 0 Å². The van der Waals surface area contributed by atoms with E-state index in [4.69, 9.17) is 4.74 Å². The SMILES string of the molecule is CCCc1nnsc1C(=O)N1CCO[C@@H](C(=O)N2CCCCC2)C1. The first-order valence-electron chi connectivity index (χ1n) is 8.71. The summed E-state index contributed by atoms with van der Waals surface area (Å²) in [4.78, 5) is 29.6. The molecular weight excluding hydrogens is 328 g/mol. The standard InChI is InChI=1S/C16H24N4O3S/c1-2-6-12-14(24-18-17-12)16(22)20-9-10-23-13(11-20)15(21)19-7-4-3-5-8-19/h13H,2-11H2,1H3/t13-/m1/s1. The van der Waals surface area contributed by atoms with E-state index in [1.165, 1.54) is 6.42 Å². The maximum absolute atomic E-state index is 12.8. The van der Waals surface area contributed by atoms with Crippen LogP contribution >= 0.6 is 11.5 Å². The molecule has 3 heterocycles. The van der Waals surface area contributed by atoms with Crippen molar-refractivity contribution in [3.63, 3.8) is 0 Å². The van der Waals surface area contributed by atoms with Crippen molar-refractivity contribution < 1.29 is 14.3 Å². The Kier molecular flexibility index (Phi) is 5.78. The van der Waals surface area contributed by atoms with Crippen LogP contribution in [-0.2, 0) is 16.0 Å². The number of ether oxygens (including phenoxy) is 1. The fourth-order valence-corrected chi connectivity index (χ4v) is 3.89. The van der Waals surface area contributed by atoms with Gasteiger partial charge in [-0.25, -0.2) is 0 Å². The van der Waals surface area contributed by atoms with Gasteiger partial charge in [0.2, 0.25) is 0 Å². The van der Waals surface area contributed by atoms with E-state index in [2.05, 4.69) is 16.5 Å². The molecule has 0 spiro atoms. The second-order valence-corrected chi connectivity index (χ2v) is 7.05. The van der Waals surface area contributed by atoms with Crippen molar-refractivity contribution in [1.29, 1.82) is 0 Å². The Morgan fingerprint density at radius 2 is 2.00 bits per heavy atom. The van der Waals surface area contributed by atoms with E-state index in [9.17, 15) is 9.59 Å². The molecule has 0 aromatic carbocycles. The minimum Gasteiger partial charge on any atom is -0.365 e. The van der Waals surface area contributed by atoms with E-state index in [1.807, 2.05) is 4.90 Å². The summed E-state index contributed by atoms with van der Waals surface area (Å²) >= 11 is 1.14. The average Bonchev–Trinajstić information content (AvgIpc) is 3.10. The van der Waals surface area contributed by atoms with Crippen molar-refractivity contribution in [2.24, 2.45) is 0 Å². The van der Waals surface area contributed by atoms with Crippen LogP contribution in [0.3, 0.4) is 0 Å². The first kappa shape index (κ1) is 17.3. The van der Waals surface area contributed by atoms with Gasteiger partial charge in [-0.1, -0.05) is 17.8 Å². The Morgan fingerprint density at radius 1 is 1.21 bits per heavy atom. The Labute approximate surface area is 146 Å². The van der Waals surface area contributed by atoms with Crippen molar-refractivity contribution in [2.75, 3.05) is 32.8 Å². The topological polar surface area (TPSA) is 75.6 Å². The number of rotatable bonds is 4. The number of piperidine rings is 1. The molecule has 7 nitrogen and oxygen atoms in total. The number of amides is 2. The Morgan fingerprint density at radius 3 is 2.75 bits per heavy atom. The summed E-state index contributed by atoms with van der Waals surface area (Å²) in [5, 5.41) is 4.06. The van der Waals surface area contributed by atoms with Crippen molar-refractivity contribution in [2.45, 2.75) is 45.1 Å². The third-order valence-electron chi connectivity index (χ3n) is 4.53. The number of morpholine rings is 1. The third kappa shape index (κ3) is 3.75. The number of carbonyl (C=O) groups is 2. The van der Waals surface area contributed by atoms with Gasteiger partial charge in [-0.3, -0.25) is 9.59 Å². The molecule has 8 heteroatoms. The summed E-state index contributed by atoms with van der Waals surface area (Å²) < 4.78 is 9.58. The number of carbonyl (C=O) groups excluding carboxylic acids is 2. The van der Waals surface area contributed by atoms with Crippen LogP contribution in [0.15, 0.2) is 0 Å². The maximum atomic E-state index is 12.8. The summed E-state index contributed by atoms with van der Waals surface area (Å²) in [5.41, 5.74) is 0.762. The fraction of sp³-hybridized carbons (Fsp3) is 0.750. The monoisotopic (exact) mass is 352 g/mol. The van der Waals surface area contributed by atoms with E-state index < -0.39 is 6.10 Å². The molecule has 2 saturated heterocycles.